The van der Waals surface area contributed by atoms with E-state index < -0.39 is 30.6 Å². The van der Waals surface area contributed by atoms with Gasteiger partial charge >= 0.3 is 0 Å². The van der Waals surface area contributed by atoms with Crippen LogP contribution in [0.2, 0.25) is 0 Å². The zero-order chi connectivity index (χ0) is 18.8. The van der Waals surface area contributed by atoms with Crippen molar-refractivity contribution in [3.05, 3.63) is 30.3 Å². The van der Waals surface area contributed by atoms with E-state index in [1.54, 1.807) is 30.3 Å². The summed E-state index contributed by atoms with van der Waals surface area (Å²) in [7, 11) is 0. The van der Waals surface area contributed by atoms with Crippen molar-refractivity contribution in [1.82, 2.24) is 0 Å². The molecule has 0 bridgehead atoms. The van der Waals surface area contributed by atoms with E-state index in [1.807, 2.05) is 0 Å². The predicted octanol–water partition coefficient (Wildman–Crippen LogP) is -0.379. The number of anilines is 1. The van der Waals surface area contributed by atoms with Crippen LogP contribution in [0.25, 0.3) is 0 Å². The Balaban J connectivity index is 2.32. The van der Waals surface area contributed by atoms with Gasteiger partial charge in [-0.15, -0.1) is 0 Å². The summed E-state index contributed by atoms with van der Waals surface area (Å²) in [5.74, 6) is 0. The first-order valence-corrected chi connectivity index (χ1v) is 7.54. The van der Waals surface area contributed by atoms with Gasteiger partial charge in [-0.2, -0.15) is 0 Å². The zero-order valence-electron chi connectivity index (χ0n) is 13.5. The van der Waals surface area contributed by atoms with Crippen molar-refractivity contribution in [2.45, 2.75) is 30.6 Å². The second kappa shape index (κ2) is 9.99. The standard InChI is InChI=1S/C16H17NO9/c18-7-22-6-12-14(23-8-19)15(24-9-20)13(16(26-12)25-10-21)17-11-4-2-1-3-5-11/h1-5,7-10,12-17H,6H2/t12-,13-,14+,15-,16-/m0/s1. The quantitative estimate of drug-likeness (QED) is 0.408. The molecule has 1 aromatic rings. The highest BCUT2D eigenvalue weighted by atomic mass is 16.7. The molecule has 1 aliphatic rings. The van der Waals surface area contributed by atoms with Crippen LogP contribution < -0.4 is 5.32 Å². The predicted molar refractivity (Wildman–Crippen MR) is 83.6 cm³/mol. The fraction of sp³-hybridized carbons (Fsp3) is 0.375. The van der Waals surface area contributed by atoms with Crippen LogP contribution >= 0.6 is 0 Å². The molecular weight excluding hydrogens is 350 g/mol. The fourth-order valence-electron chi connectivity index (χ4n) is 2.68. The van der Waals surface area contributed by atoms with E-state index in [4.69, 9.17) is 18.9 Å². The maximum Gasteiger partial charge on any atom is 0.295 e. The Morgan fingerprint density at radius 3 is 2.15 bits per heavy atom. The number of carbonyl (C=O) groups excluding carboxylic acids is 4. The van der Waals surface area contributed by atoms with Crippen molar-refractivity contribution in [3.8, 4) is 0 Å². The van der Waals surface area contributed by atoms with Gasteiger partial charge in [0, 0.05) is 5.69 Å². The molecule has 1 fully saturated rings. The molecule has 10 nitrogen and oxygen atoms in total. The van der Waals surface area contributed by atoms with E-state index >= 15 is 0 Å². The molecule has 0 unspecified atom stereocenters. The minimum absolute atomic E-state index is 0.156. The smallest absolute Gasteiger partial charge is 0.295 e. The van der Waals surface area contributed by atoms with Crippen LogP contribution in [0.4, 0.5) is 5.69 Å². The highest BCUT2D eigenvalue weighted by Gasteiger charge is 2.50. The molecule has 0 saturated carbocycles. The number of benzene rings is 1. The number of hydrogen-bond donors (Lipinski definition) is 1. The molecule has 0 aromatic heterocycles. The van der Waals surface area contributed by atoms with Crippen LogP contribution in [0.3, 0.4) is 0 Å². The maximum atomic E-state index is 11.0. The number of para-hydroxylation sites is 1. The first-order valence-electron chi connectivity index (χ1n) is 7.54. The summed E-state index contributed by atoms with van der Waals surface area (Å²) >= 11 is 0. The largest absolute Gasteiger partial charge is 0.465 e. The Morgan fingerprint density at radius 2 is 1.54 bits per heavy atom. The molecule has 1 N–H and O–H groups in total. The summed E-state index contributed by atoms with van der Waals surface area (Å²) in [4.78, 5) is 43.2. The molecule has 1 aromatic carbocycles. The lowest BCUT2D eigenvalue weighted by Crippen LogP contribution is -2.63. The van der Waals surface area contributed by atoms with E-state index in [1.165, 1.54) is 0 Å². The summed E-state index contributed by atoms with van der Waals surface area (Å²) in [5.41, 5.74) is 0.618. The Hall–Kier alpha value is -3.14. The SMILES string of the molecule is O=COC[C@@H]1O[C@H](OC=O)[C@@H](Nc2ccccc2)[C@H](OC=O)[C@@H]1OC=O. The van der Waals surface area contributed by atoms with Gasteiger partial charge < -0.3 is 29.0 Å². The van der Waals surface area contributed by atoms with Crippen LogP contribution in [0, 0.1) is 0 Å². The van der Waals surface area contributed by atoms with Gasteiger partial charge in [-0.1, -0.05) is 18.2 Å². The first kappa shape index (κ1) is 19.2. The highest BCUT2D eigenvalue weighted by Crippen LogP contribution is 2.28. The fourth-order valence-corrected chi connectivity index (χ4v) is 2.68. The third kappa shape index (κ3) is 4.70. The minimum atomic E-state index is -1.20. The van der Waals surface area contributed by atoms with E-state index in [9.17, 15) is 19.2 Å². The van der Waals surface area contributed by atoms with Gasteiger partial charge in [-0.3, -0.25) is 19.2 Å². The zero-order valence-corrected chi connectivity index (χ0v) is 13.5. The summed E-state index contributed by atoms with van der Waals surface area (Å²) in [6.07, 6.45) is -4.42. The van der Waals surface area contributed by atoms with Gasteiger partial charge in [0.1, 0.15) is 18.8 Å². The van der Waals surface area contributed by atoms with E-state index in [0.29, 0.717) is 5.69 Å². The second-order valence-electron chi connectivity index (χ2n) is 5.13. The minimum Gasteiger partial charge on any atom is -0.465 e. The molecule has 0 radical (unpaired) electrons. The molecule has 0 aliphatic carbocycles. The van der Waals surface area contributed by atoms with Crippen molar-refractivity contribution in [2.75, 3.05) is 11.9 Å². The van der Waals surface area contributed by atoms with Crippen molar-refractivity contribution in [3.63, 3.8) is 0 Å². The van der Waals surface area contributed by atoms with Gasteiger partial charge in [0.15, 0.2) is 12.2 Å². The third-order valence-electron chi connectivity index (χ3n) is 3.70. The van der Waals surface area contributed by atoms with Crippen LogP contribution in [-0.4, -0.2) is 63.1 Å². The lowest BCUT2D eigenvalue weighted by Gasteiger charge is -2.43. The molecule has 140 valence electrons. The van der Waals surface area contributed by atoms with Gasteiger partial charge in [-0.25, -0.2) is 0 Å². The summed E-state index contributed by atoms with van der Waals surface area (Å²) in [5, 5.41) is 3.02. The van der Waals surface area contributed by atoms with Gasteiger partial charge in [-0.05, 0) is 12.1 Å². The molecule has 0 amide bonds. The first-order chi connectivity index (χ1) is 12.7. The molecule has 1 aliphatic heterocycles. The number of ether oxygens (including phenoxy) is 5. The van der Waals surface area contributed by atoms with E-state index in [2.05, 4.69) is 10.1 Å². The molecule has 10 heteroatoms. The number of carbonyl (C=O) groups is 4. The molecule has 2 rings (SSSR count). The van der Waals surface area contributed by atoms with Crippen molar-refractivity contribution in [2.24, 2.45) is 0 Å². The lowest BCUT2D eigenvalue weighted by atomic mass is 9.96. The summed E-state index contributed by atoms with van der Waals surface area (Å²) in [6.45, 7) is 0.370. The molecule has 26 heavy (non-hydrogen) atoms. The van der Waals surface area contributed by atoms with Crippen LogP contribution in [0.5, 0.6) is 0 Å². The van der Waals surface area contributed by atoms with Crippen LogP contribution in [0.1, 0.15) is 0 Å². The Morgan fingerprint density at radius 1 is 0.885 bits per heavy atom. The van der Waals surface area contributed by atoms with Crippen LogP contribution in [0.15, 0.2) is 30.3 Å². The monoisotopic (exact) mass is 367 g/mol. The average molecular weight is 367 g/mol. The number of nitrogens with one attached hydrogen (secondary N) is 1. The highest BCUT2D eigenvalue weighted by molar-refractivity contribution is 5.46. The van der Waals surface area contributed by atoms with E-state index in [-0.39, 0.29) is 32.5 Å². The molecule has 1 saturated heterocycles. The van der Waals surface area contributed by atoms with Crippen LogP contribution in [-0.2, 0) is 42.9 Å². The Bertz CT molecular complexity index is 597. The lowest BCUT2D eigenvalue weighted by molar-refractivity contribution is -0.256. The van der Waals surface area contributed by atoms with Crippen molar-refractivity contribution in [1.29, 1.82) is 0 Å². The molecule has 0 spiro atoms. The normalized spacial score (nSPS) is 27.5. The van der Waals surface area contributed by atoms with Gasteiger partial charge in [0.25, 0.3) is 25.9 Å². The molecule has 5 atom stereocenters. The third-order valence-corrected chi connectivity index (χ3v) is 3.70. The Kier molecular flexibility index (Phi) is 7.37. The maximum absolute atomic E-state index is 11.0. The molecular formula is C16H17NO9. The number of rotatable bonds is 11. The van der Waals surface area contributed by atoms with Gasteiger partial charge in [0.2, 0.25) is 6.29 Å². The molecule has 1 heterocycles. The summed E-state index contributed by atoms with van der Waals surface area (Å²) < 4.78 is 25.2. The average Bonchev–Trinajstić information content (AvgIpc) is 2.66. The second-order valence-corrected chi connectivity index (χ2v) is 5.13. The van der Waals surface area contributed by atoms with E-state index in [0.717, 1.165) is 0 Å². The Labute approximate surface area is 148 Å². The van der Waals surface area contributed by atoms with Gasteiger partial charge in [0.05, 0.1) is 0 Å². The summed E-state index contributed by atoms with van der Waals surface area (Å²) in [6, 6.07) is 7.88. The topological polar surface area (TPSA) is 126 Å². The van der Waals surface area contributed by atoms with Crippen molar-refractivity contribution < 1.29 is 42.9 Å². The number of hydrogen-bond acceptors (Lipinski definition) is 10. The van der Waals surface area contributed by atoms with Crippen molar-refractivity contribution >= 4 is 31.6 Å².